The third kappa shape index (κ3) is 6.29. The molecular weight excluding hydrogens is 468 g/mol. The van der Waals surface area contributed by atoms with Gasteiger partial charge in [0.15, 0.2) is 0 Å². The minimum atomic E-state index is -2.89. The van der Waals surface area contributed by atoms with E-state index in [1.54, 1.807) is 0 Å². The summed E-state index contributed by atoms with van der Waals surface area (Å²) in [4.78, 5) is 0. The summed E-state index contributed by atoms with van der Waals surface area (Å²) >= 11 is -2.89. The van der Waals surface area contributed by atoms with Crippen LogP contribution in [-0.4, -0.2) is 12.3 Å². The van der Waals surface area contributed by atoms with Crippen LogP contribution in [-0.2, 0) is 16.2 Å². The molecule has 170 valence electrons. The molecule has 0 fully saturated rings. The fourth-order valence-corrected chi connectivity index (χ4v) is 22.8. The molecule has 2 heteroatoms. The van der Waals surface area contributed by atoms with Crippen molar-refractivity contribution in [3.05, 3.63) is 108 Å². The number of hydrogen-bond acceptors (Lipinski definition) is 0. The van der Waals surface area contributed by atoms with Crippen molar-refractivity contribution in [2.24, 2.45) is 0 Å². The number of rotatable bonds is 9. The molecule has 0 unspecified atom stereocenters. The van der Waals surface area contributed by atoms with E-state index in [2.05, 4.69) is 133 Å². The minimum absolute atomic E-state index is 0.0581. The molecular formula is C30H39ClGe. The van der Waals surface area contributed by atoms with E-state index in [0.717, 1.165) is 15.8 Å². The van der Waals surface area contributed by atoms with E-state index in [4.69, 9.17) is 10.0 Å². The molecule has 0 bridgehead atoms. The predicted octanol–water partition coefficient (Wildman–Crippen LogP) is 9.10. The Bertz CT molecular complexity index is 845. The van der Waals surface area contributed by atoms with Crippen LogP contribution in [0.3, 0.4) is 0 Å². The Morgan fingerprint density at radius 2 is 0.688 bits per heavy atom. The topological polar surface area (TPSA) is 0 Å². The molecule has 0 amide bonds. The first-order valence-corrected chi connectivity index (χ1v) is 19.0. The van der Waals surface area contributed by atoms with Crippen molar-refractivity contribution in [1.82, 2.24) is 0 Å². The van der Waals surface area contributed by atoms with Gasteiger partial charge in [0.1, 0.15) is 0 Å². The second-order valence-electron chi connectivity index (χ2n) is 11.4. The molecule has 0 saturated carbocycles. The van der Waals surface area contributed by atoms with Gasteiger partial charge in [0.05, 0.1) is 0 Å². The molecule has 32 heavy (non-hydrogen) atoms. The molecule has 0 atom stereocenters. The number of benzene rings is 3. The van der Waals surface area contributed by atoms with Gasteiger partial charge in [0.25, 0.3) is 0 Å². The van der Waals surface area contributed by atoms with Crippen LogP contribution >= 0.6 is 10.0 Å². The fourth-order valence-electron chi connectivity index (χ4n) is 5.54. The molecule has 0 aliphatic carbocycles. The van der Waals surface area contributed by atoms with E-state index in [9.17, 15) is 0 Å². The van der Waals surface area contributed by atoms with Crippen LogP contribution in [0, 0.1) is 0 Å². The van der Waals surface area contributed by atoms with E-state index in [-0.39, 0.29) is 16.2 Å². The Kier molecular flexibility index (Phi) is 7.67. The Labute approximate surface area is 203 Å². The van der Waals surface area contributed by atoms with Crippen molar-refractivity contribution in [2.75, 3.05) is 0 Å². The van der Waals surface area contributed by atoms with Crippen LogP contribution in [0.1, 0.15) is 58.2 Å². The molecule has 0 radical (unpaired) electrons. The van der Waals surface area contributed by atoms with Gasteiger partial charge >= 0.3 is 204 Å². The van der Waals surface area contributed by atoms with Gasteiger partial charge in [-0.25, -0.2) is 0 Å². The summed E-state index contributed by atoms with van der Waals surface area (Å²) in [7, 11) is 7.93. The second kappa shape index (κ2) is 9.77. The quantitative estimate of drug-likeness (QED) is 0.253. The zero-order chi connectivity index (χ0) is 23.5. The third-order valence-corrected chi connectivity index (χ3v) is 18.6. The zero-order valence-electron chi connectivity index (χ0n) is 20.7. The van der Waals surface area contributed by atoms with Crippen LogP contribution < -0.4 is 0 Å². The maximum atomic E-state index is 7.93. The van der Waals surface area contributed by atoms with E-state index in [0.29, 0.717) is 0 Å². The van der Waals surface area contributed by atoms with Crippen LogP contribution in [0.15, 0.2) is 91.0 Å². The molecule has 0 nitrogen and oxygen atoms in total. The van der Waals surface area contributed by atoms with E-state index < -0.39 is 12.3 Å². The first kappa shape index (κ1) is 25.1. The normalized spacial score (nSPS) is 13.2. The first-order valence-electron chi connectivity index (χ1n) is 11.8. The van der Waals surface area contributed by atoms with Crippen molar-refractivity contribution in [2.45, 2.75) is 73.5 Å². The molecule has 0 aliphatic heterocycles. The van der Waals surface area contributed by atoms with Crippen molar-refractivity contribution in [1.29, 1.82) is 0 Å². The summed E-state index contributed by atoms with van der Waals surface area (Å²) in [6, 6.07) is 32.8. The molecule has 0 heterocycles. The van der Waals surface area contributed by atoms with Crippen molar-refractivity contribution in [3.63, 3.8) is 0 Å². The van der Waals surface area contributed by atoms with Crippen LogP contribution in [0.25, 0.3) is 0 Å². The van der Waals surface area contributed by atoms with Gasteiger partial charge in [-0.05, 0) is 0 Å². The van der Waals surface area contributed by atoms with Crippen molar-refractivity contribution in [3.8, 4) is 0 Å². The molecule has 0 aromatic heterocycles. The van der Waals surface area contributed by atoms with Gasteiger partial charge in [0.2, 0.25) is 0 Å². The zero-order valence-corrected chi connectivity index (χ0v) is 23.5. The standard InChI is InChI=1S/C30H39ClGe/c1-28(2,25-16-10-7-11-17-25)22-32(31,23-29(3,4)26-18-12-8-13-19-26)24-30(5,6)27-20-14-9-15-21-27/h7-21H,22-24H2,1-6H3. The molecule has 3 rings (SSSR count). The van der Waals surface area contributed by atoms with E-state index >= 15 is 0 Å². The van der Waals surface area contributed by atoms with E-state index in [1.165, 1.54) is 16.7 Å². The summed E-state index contributed by atoms with van der Waals surface area (Å²) < 4.78 is 0. The number of halogens is 1. The van der Waals surface area contributed by atoms with Crippen molar-refractivity contribution < 1.29 is 0 Å². The Hall–Kier alpha value is -1.51. The monoisotopic (exact) mass is 508 g/mol. The fraction of sp³-hybridized carbons (Fsp3) is 0.400. The molecule has 0 N–H and O–H groups in total. The Balaban J connectivity index is 1.98. The predicted molar refractivity (Wildman–Crippen MR) is 144 cm³/mol. The molecule has 0 saturated heterocycles. The summed E-state index contributed by atoms with van der Waals surface area (Å²) in [6.45, 7) is 14.3. The molecule has 3 aromatic carbocycles. The van der Waals surface area contributed by atoms with Crippen LogP contribution in [0.2, 0.25) is 15.8 Å². The van der Waals surface area contributed by atoms with Gasteiger partial charge in [-0.2, -0.15) is 0 Å². The average Bonchev–Trinajstić information content (AvgIpc) is 2.74. The third-order valence-electron chi connectivity index (χ3n) is 6.94. The summed E-state index contributed by atoms with van der Waals surface area (Å²) in [6.07, 6.45) is 0. The van der Waals surface area contributed by atoms with E-state index in [1.807, 2.05) is 0 Å². The van der Waals surface area contributed by atoms with Gasteiger partial charge in [-0.15, -0.1) is 0 Å². The van der Waals surface area contributed by atoms with Crippen LogP contribution in [0.5, 0.6) is 0 Å². The molecule has 0 spiro atoms. The summed E-state index contributed by atoms with van der Waals surface area (Å²) in [5.74, 6) is 0. The Morgan fingerprint density at radius 3 is 0.906 bits per heavy atom. The SMILES string of the molecule is CC(C)([CH2][Ge]([Cl])([CH2]C(C)(C)c1ccccc1)[CH2]C(C)(C)c1ccccc1)c1ccccc1. The summed E-state index contributed by atoms with van der Waals surface area (Å²) in [5, 5.41) is 3.31. The first-order chi connectivity index (χ1) is 14.9. The maximum absolute atomic E-state index is 7.93. The van der Waals surface area contributed by atoms with Gasteiger partial charge in [0, 0.05) is 0 Å². The average molecular weight is 508 g/mol. The van der Waals surface area contributed by atoms with Gasteiger partial charge < -0.3 is 0 Å². The molecule has 0 aliphatic rings. The van der Waals surface area contributed by atoms with Gasteiger partial charge in [-0.1, -0.05) is 0 Å². The van der Waals surface area contributed by atoms with Crippen molar-refractivity contribution >= 4 is 22.3 Å². The Morgan fingerprint density at radius 1 is 0.469 bits per heavy atom. The number of hydrogen-bond donors (Lipinski definition) is 0. The second-order valence-corrected chi connectivity index (χ2v) is 22.7. The van der Waals surface area contributed by atoms with Gasteiger partial charge in [-0.3, -0.25) is 0 Å². The summed E-state index contributed by atoms with van der Waals surface area (Å²) in [5.41, 5.74) is 4.36. The van der Waals surface area contributed by atoms with Crippen LogP contribution in [0.4, 0.5) is 0 Å². The molecule has 3 aromatic rings.